The summed E-state index contributed by atoms with van der Waals surface area (Å²) in [5.74, 6) is -2.86. The van der Waals surface area contributed by atoms with Gasteiger partial charge in [-0.1, -0.05) is 72.2 Å². The summed E-state index contributed by atoms with van der Waals surface area (Å²) in [4.78, 5) is 42.4. The van der Waals surface area contributed by atoms with E-state index in [2.05, 4.69) is 54.5 Å². The molecule has 5 aliphatic carbocycles. The van der Waals surface area contributed by atoms with Gasteiger partial charge in [0, 0.05) is 6.42 Å². The SMILES string of the molecule is COC(=O)[C@H]1O[C@@H](O[C@H]2CC[C@]3(C)[C@H]4CC=C5[C@@H]6CC(C)(C)CC[C@]6(C(=O)O[C@@H]6OC[C@@H](O)[C@@H](O[C@@H]7O[C@H](CO)[C@@H](O)[C@H](O)[C@H]7O)[C@@H]6OC(=O)CCc6ccc(O[C@@H]7O[C@H](CO)[C@@H](O)[C@H](O)[C@H]7O)cc6)[C@H](O)C[C@@]5(C)[C@]4(C)CC[C@H]3C2(C)C)[C@H](O)[C@@H](O)[C@@H]1O. The average molecular weight is 1270 g/mol. The maximum atomic E-state index is 15.7. The van der Waals surface area contributed by atoms with E-state index in [0.29, 0.717) is 37.7 Å². The van der Waals surface area contributed by atoms with Gasteiger partial charge < -0.3 is 114 Å². The standard InChI is InChI=1S/C63H94O26/c1-58(2)21-22-63(31(23-58)30-14-15-36-60(5)19-18-38(85-55-48(77)44(73)45(74)50(88-55)52(78)80-8)59(3,4)35(60)17-20-61(36,6)62(30,7)24-37(63)67)57(79)89-56-51(49(32(66)27-81-56)87-54-47(76)43(72)41(70)34(26-65)84-54)86-39(68)16-11-28-9-12-29(13-10-28)82-53-46(75)42(71)40(69)33(25-64)83-53/h9-10,12-14,31-38,40-51,53-56,64-67,69-77H,11,15-27H2,1-8H3/t31-,32+,33+,34+,35-,36+,37+,38-,40+,41+,42-,43-,44-,45-,46+,47+,48+,49+,50-,51-,53+,54-,55+,56-,60-,61+,62+,63+/m0/s1. The van der Waals surface area contributed by atoms with Crippen molar-refractivity contribution in [3.8, 4) is 5.75 Å². The molecule has 0 unspecified atom stereocenters. The lowest BCUT2D eigenvalue weighted by Crippen LogP contribution is -2.68. The third-order valence-electron chi connectivity index (χ3n) is 23.0. The first-order valence-electron chi connectivity index (χ1n) is 31.4. The van der Waals surface area contributed by atoms with E-state index in [1.165, 1.54) is 12.1 Å². The molecule has 1 aromatic carbocycles. The van der Waals surface area contributed by atoms with Gasteiger partial charge in [-0.3, -0.25) is 9.59 Å². The molecule has 0 bridgehead atoms. The summed E-state index contributed by atoms with van der Waals surface area (Å²) >= 11 is 0. The van der Waals surface area contributed by atoms with Crippen molar-refractivity contribution in [2.45, 2.75) is 248 Å². The van der Waals surface area contributed by atoms with Gasteiger partial charge in [-0.15, -0.1) is 0 Å². The molecular formula is C63H94O26. The van der Waals surface area contributed by atoms with E-state index in [1.807, 2.05) is 0 Å². The Morgan fingerprint density at radius 3 is 1.85 bits per heavy atom. The van der Waals surface area contributed by atoms with E-state index >= 15 is 4.79 Å². The van der Waals surface area contributed by atoms with Gasteiger partial charge in [0.05, 0.1) is 39.1 Å². The number of aliphatic hydroxyl groups excluding tert-OH is 13. The summed E-state index contributed by atoms with van der Waals surface area (Å²) in [6, 6.07) is 6.20. The Balaban J connectivity index is 0.894. The molecule has 26 heteroatoms. The second-order valence-electron chi connectivity index (χ2n) is 28.8. The number of ether oxygens (including phenoxy) is 10. The molecule has 4 saturated carbocycles. The first kappa shape index (κ1) is 68.3. The van der Waals surface area contributed by atoms with Gasteiger partial charge in [0.2, 0.25) is 12.6 Å². The molecule has 1 aromatic rings. The summed E-state index contributed by atoms with van der Waals surface area (Å²) in [5, 5.41) is 140. The average Bonchev–Trinajstić information content (AvgIpc) is 0.680. The summed E-state index contributed by atoms with van der Waals surface area (Å²) in [7, 11) is 1.13. The molecule has 4 saturated heterocycles. The number of aliphatic hydroxyl groups is 13. The number of fused-ring (bicyclic) bond motifs is 7. The van der Waals surface area contributed by atoms with E-state index in [0.717, 1.165) is 25.5 Å². The number of carbonyl (C=O) groups is 3. The van der Waals surface area contributed by atoms with Crippen LogP contribution in [-0.4, -0.2) is 240 Å². The quantitative estimate of drug-likeness (QED) is 0.0447. The zero-order valence-electron chi connectivity index (χ0n) is 51.8. The van der Waals surface area contributed by atoms with E-state index in [1.54, 1.807) is 12.1 Å². The minimum Gasteiger partial charge on any atom is -0.467 e. The molecule has 28 atom stereocenters. The fourth-order valence-electron chi connectivity index (χ4n) is 17.6. The monoisotopic (exact) mass is 1270 g/mol. The molecule has 9 aliphatic rings. The van der Waals surface area contributed by atoms with Crippen LogP contribution in [0.4, 0.5) is 0 Å². The van der Waals surface area contributed by atoms with Crippen LogP contribution in [0.3, 0.4) is 0 Å². The zero-order valence-corrected chi connectivity index (χ0v) is 51.8. The summed E-state index contributed by atoms with van der Waals surface area (Å²) in [5.41, 5.74) is -2.10. The zero-order chi connectivity index (χ0) is 64.8. The van der Waals surface area contributed by atoms with Crippen LogP contribution in [0.25, 0.3) is 0 Å². The lowest BCUT2D eigenvalue weighted by Gasteiger charge is -2.71. The largest absolute Gasteiger partial charge is 0.467 e. The number of aryl methyl sites for hydroxylation is 1. The first-order chi connectivity index (χ1) is 41.8. The molecule has 4 aliphatic heterocycles. The molecule has 0 radical (unpaired) electrons. The summed E-state index contributed by atoms with van der Waals surface area (Å²) in [6.45, 7) is 13.3. The minimum atomic E-state index is -1.95. The molecular weight excluding hydrogens is 1170 g/mol. The van der Waals surface area contributed by atoms with Crippen molar-refractivity contribution >= 4 is 17.9 Å². The van der Waals surface area contributed by atoms with Crippen molar-refractivity contribution in [1.82, 2.24) is 0 Å². The molecule has 10 rings (SSSR count). The van der Waals surface area contributed by atoms with Crippen LogP contribution in [-0.2, 0) is 63.4 Å². The summed E-state index contributed by atoms with van der Waals surface area (Å²) in [6.07, 6.45) is -26.4. The first-order valence-corrected chi connectivity index (χ1v) is 31.4. The van der Waals surface area contributed by atoms with Gasteiger partial charge in [0.15, 0.2) is 24.8 Å². The van der Waals surface area contributed by atoms with Gasteiger partial charge in [-0.25, -0.2) is 4.79 Å². The number of hydrogen-bond acceptors (Lipinski definition) is 26. The normalized spacial score (nSPS) is 47.6. The van der Waals surface area contributed by atoms with Crippen molar-refractivity contribution in [3.63, 3.8) is 0 Å². The molecule has 4 heterocycles. The highest BCUT2D eigenvalue weighted by atomic mass is 16.8. The Kier molecular flexibility index (Phi) is 19.7. The van der Waals surface area contributed by atoms with Crippen LogP contribution in [0.1, 0.15) is 118 Å². The van der Waals surface area contributed by atoms with Crippen LogP contribution in [0.15, 0.2) is 35.9 Å². The Morgan fingerprint density at radius 2 is 1.22 bits per heavy atom. The van der Waals surface area contributed by atoms with E-state index in [9.17, 15) is 76.0 Å². The Bertz CT molecular complexity index is 2710. The van der Waals surface area contributed by atoms with Crippen molar-refractivity contribution in [2.24, 2.45) is 50.2 Å². The predicted octanol–water partition coefficient (Wildman–Crippen LogP) is -0.706. The lowest BCUT2D eigenvalue weighted by atomic mass is 9.33. The number of methoxy groups -OCH3 is 1. The van der Waals surface area contributed by atoms with Gasteiger partial charge in [0.1, 0.15) is 90.5 Å². The van der Waals surface area contributed by atoms with Gasteiger partial charge >= 0.3 is 17.9 Å². The molecule has 89 heavy (non-hydrogen) atoms. The molecule has 0 aromatic heterocycles. The highest BCUT2D eigenvalue weighted by Gasteiger charge is 2.72. The lowest BCUT2D eigenvalue weighted by molar-refractivity contribution is -0.347. The minimum absolute atomic E-state index is 0.0457. The number of rotatable bonds is 15. The number of hydrogen-bond donors (Lipinski definition) is 13. The third-order valence-corrected chi connectivity index (χ3v) is 23.0. The number of benzene rings is 1. The molecule has 13 N–H and O–H groups in total. The molecule has 502 valence electrons. The molecule has 0 spiro atoms. The molecule has 8 fully saturated rings. The Morgan fingerprint density at radius 1 is 0.618 bits per heavy atom. The Labute approximate surface area is 516 Å². The Hall–Kier alpha value is -3.59. The predicted molar refractivity (Wildman–Crippen MR) is 304 cm³/mol. The van der Waals surface area contributed by atoms with Crippen LogP contribution in [0.5, 0.6) is 5.75 Å². The highest BCUT2D eigenvalue weighted by Crippen LogP contribution is 2.76. The van der Waals surface area contributed by atoms with Crippen LogP contribution in [0.2, 0.25) is 0 Å². The third kappa shape index (κ3) is 11.9. The van der Waals surface area contributed by atoms with Gasteiger partial charge in [-0.2, -0.15) is 0 Å². The van der Waals surface area contributed by atoms with Crippen molar-refractivity contribution in [1.29, 1.82) is 0 Å². The van der Waals surface area contributed by atoms with Crippen LogP contribution in [0, 0.1) is 50.2 Å². The van der Waals surface area contributed by atoms with Crippen molar-refractivity contribution in [2.75, 3.05) is 26.9 Å². The molecule has 26 nitrogen and oxygen atoms in total. The van der Waals surface area contributed by atoms with Crippen LogP contribution < -0.4 is 4.74 Å². The van der Waals surface area contributed by atoms with Crippen molar-refractivity contribution in [3.05, 3.63) is 41.5 Å². The van der Waals surface area contributed by atoms with E-state index in [-0.39, 0.29) is 54.1 Å². The van der Waals surface area contributed by atoms with Crippen molar-refractivity contribution < 1.29 is 128 Å². The summed E-state index contributed by atoms with van der Waals surface area (Å²) < 4.78 is 58.7. The number of carbonyl (C=O) groups excluding carboxylic acids is 3. The topological polar surface area (TPSA) is 407 Å². The maximum absolute atomic E-state index is 15.7. The van der Waals surface area contributed by atoms with Gasteiger partial charge in [-0.05, 0) is 127 Å². The highest BCUT2D eigenvalue weighted by molar-refractivity contribution is 5.80. The smallest absolute Gasteiger partial charge is 0.337 e. The van der Waals surface area contributed by atoms with Gasteiger partial charge in [0.25, 0.3) is 0 Å². The second kappa shape index (κ2) is 25.6. The fourth-order valence-corrected chi connectivity index (χ4v) is 17.6. The fraction of sp³-hybridized carbons (Fsp3) is 0.825. The van der Waals surface area contributed by atoms with E-state index in [4.69, 9.17) is 47.4 Å². The maximum Gasteiger partial charge on any atom is 0.337 e. The number of allylic oxidation sites excluding steroid dienone is 2. The van der Waals surface area contributed by atoms with E-state index < -0.39 is 194 Å². The molecule has 0 amide bonds. The number of esters is 3. The van der Waals surface area contributed by atoms with Crippen LogP contribution >= 0.6 is 0 Å². The second-order valence-corrected chi connectivity index (χ2v) is 28.8.